The molecule has 3 aromatic rings. The summed E-state index contributed by atoms with van der Waals surface area (Å²) >= 11 is 3.38. The van der Waals surface area contributed by atoms with E-state index < -0.39 is 0 Å². The number of hydrogen-bond acceptors (Lipinski definition) is 3. The van der Waals surface area contributed by atoms with Crippen LogP contribution in [0.15, 0.2) is 76.3 Å². The highest BCUT2D eigenvalue weighted by Gasteiger charge is 2.04. The van der Waals surface area contributed by atoms with Crippen LogP contribution in [0.3, 0.4) is 0 Å². The highest BCUT2D eigenvalue weighted by atomic mass is 79.9. The number of rotatable bonds is 5. The molecule has 0 fully saturated rings. The maximum Gasteiger partial charge on any atom is 0.277 e. The van der Waals surface area contributed by atoms with Crippen molar-refractivity contribution in [1.29, 1.82) is 0 Å². The summed E-state index contributed by atoms with van der Waals surface area (Å²) < 4.78 is 6.57. The third kappa shape index (κ3) is 4.20. The fraction of sp³-hybridized carbons (Fsp3) is 0.0526. The van der Waals surface area contributed by atoms with Crippen LogP contribution in [-0.2, 0) is 4.79 Å². The number of benzene rings is 3. The highest BCUT2D eigenvalue weighted by molar-refractivity contribution is 9.10. The Balaban J connectivity index is 1.57. The lowest BCUT2D eigenvalue weighted by molar-refractivity contribution is -0.123. The van der Waals surface area contributed by atoms with Gasteiger partial charge in [0.05, 0.1) is 6.21 Å². The molecular weight excluding hydrogens is 368 g/mol. The second-order valence-corrected chi connectivity index (χ2v) is 6.03. The van der Waals surface area contributed by atoms with Gasteiger partial charge in [-0.3, -0.25) is 4.79 Å². The van der Waals surface area contributed by atoms with E-state index in [-0.39, 0.29) is 12.5 Å². The molecule has 0 unspecified atom stereocenters. The molecule has 4 nitrogen and oxygen atoms in total. The van der Waals surface area contributed by atoms with Gasteiger partial charge in [-0.25, -0.2) is 5.43 Å². The summed E-state index contributed by atoms with van der Waals surface area (Å²) in [7, 11) is 0. The molecule has 0 bridgehead atoms. The van der Waals surface area contributed by atoms with Crippen LogP contribution in [-0.4, -0.2) is 18.7 Å². The van der Waals surface area contributed by atoms with E-state index in [1.165, 1.54) is 0 Å². The predicted octanol–water partition coefficient (Wildman–Crippen LogP) is 4.13. The predicted molar refractivity (Wildman–Crippen MR) is 99.3 cm³/mol. The molecule has 0 atom stereocenters. The molecule has 0 saturated carbocycles. The SMILES string of the molecule is O=C(COc1cccc2ccccc12)N/N=C\c1cccc(Br)c1. The smallest absolute Gasteiger partial charge is 0.277 e. The molecule has 1 N–H and O–H groups in total. The normalized spacial score (nSPS) is 10.9. The van der Waals surface area contributed by atoms with Gasteiger partial charge in [0, 0.05) is 9.86 Å². The first-order valence-corrected chi connectivity index (χ1v) is 8.20. The number of amides is 1. The van der Waals surface area contributed by atoms with Crippen molar-refractivity contribution in [2.45, 2.75) is 0 Å². The van der Waals surface area contributed by atoms with Gasteiger partial charge in [-0.05, 0) is 29.1 Å². The number of fused-ring (bicyclic) bond motifs is 1. The quantitative estimate of drug-likeness (QED) is 0.532. The fourth-order valence-electron chi connectivity index (χ4n) is 2.26. The molecule has 0 saturated heterocycles. The summed E-state index contributed by atoms with van der Waals surface area (Å²) in [5, 5.41) is 5.98. The van der Waals surface area contributed by atoms with Crippen molar-refractivity contribution in [3.63, 3.8) is 0 Å². The van der Waals surface area contributed by atoms with E-state index in [4.69, 9.17) is 4.74 Å². The van der Waals surface area contributed by atoms with Crippen molar-refractivity contribution in [1.82, 2.24) is 5.43 Å². The monoisotopic (exact) mass is 382 g/mol. The van der Waals surface area contributed by atoms with E-state index in [9.17, 15) is 4.79 Å². The molecule has 0 aliphatic rings. The van der Waals surface area contributed by atoms with Crippen molar-refractivity contribution >= 4 is 38.8 Å². The molecule has 0 aliphatic heterocycles. The second-order valence-electron chi connectivity index (χ2n) is 5.11. The van der Waals surface area contributed by atoms with Gasteiger partial charge in [-0.2, -0.15) is 5.10 Å². The second kappa shape index (κ2) is 7.75. The number of hydrazone groups is 1. The molecule has 3 aromatic carbocycles. The minimum absolute atomic E-state index is 0.0934. The Hall–Kier alpha value is -2.66. The summed E-state index contributed by atoms with van der Waals surface area (Å²) in [6, 6.07) is 21.3. The molecule has 1 amide bonds. The van der Waals surface area contributed by atoms with Crippen LogP contribution in [0, 0.1) is 0 Å². The summed E-state index contributed by atoms with van der Waals surface area (Å²) in [5.41, 5.74) is 3.35. The molecule has 0 aromatic heterocycles. The van der Waals surface area contributed by atoms with Gasteiger partial charge in [0.2, 0.25) is 0 Å². The number of carbonyl (C=O) groups excluding carboxylic acids is 1. The third-order valence-corrected chi connectivity index (χ3v) is 3.85. The number of ether oxygens (including phenoxy) is 1. The number of halogens is 1. The average molecular weight is 383 g/mol. The zero-order valence-corrected chi connectivity index (χ0v) is 14.4. The molecule has 120 valence electrons. The van der Waals surface area contributed by atoms with Gasteiger partial charge in [-0.1, -0.05) is 64.5 Å². The summed E-state index contributed by atoms with van der Waals surface area (Å²) in [4.78, 5) is 11.9. The van der Waals surface area contributed by atoms with E-state index in [1.807, 2.05) is 66.7 Å². The molecule has 24 heavy (non-hydrogen) atoms. The molecule has 0 spiro atoms. The van der Waals surface area contributed by atoms with Crippen LogP contribution in [0.1, 0.15) is 5.56 Å². The van der Waals surface area contributed by atoms with Crippen molar-refractivity contribution in [2.75, 3.05) is 6.61 Å². The number of nitrogens with one attached hydrogen (secondary N) is 1. The molecular formula is C19H15BrN2O2. The minimum atomic E-state index is -0.311. The molecule has 0 aliphatic carbocycles. The number of hydrogen-bond donors (Lipinski definition) is 1. The van der Waals surface area contributed by atoms with E-state index in [2.05, 4.69) is 26.5 Å². The lowest BCUT2D eigenvalue weighted by Crippen LogP contribution is -2.24. The number of carbonyl (C=O) groups is 1. The molecule has 5 heteroatoms. The first-order valence-electron chi connectivity index (χ1n) is 7.40. The van der Waals surface area contributed by atoms with Gasteiger partial charge in [0.15, 0.2) is 6.61 Å². The van der Waals surface area contributed by atoms with Gasteiger partial charge in [0.1, 0.15) is 5.75 Å². The maximum atomic E-state index is 11.9. The van der Waals surface area contributed by atoms with Crippen molar-refractivity contribution in [3.05, 3.63) is 76.8 Å². The lowest BCUT2D eigenvalue weighted by Gasteiger charge is -2.08. The zero-order chi connectivity index (χ0) is 16.8. The van der Waals surface area contributed by atoms with Crippen molar-refractivity contribution in [2.24, 2.45) is 5.10 Å². The molecule has 0 radical (unpaired) electrons. The Bertz CT molecular complexity index is 888. The average Bonchev–Trinajstić information content (AvgIpc) is 2.60. The first kappa shape index (κ1) is 16.2. The number of nitrogens with zero attached hydrogens (tertiary/aromatic N) is 1. The van der Waals surface area contributed by atoms with Crippen LogP contribution in [0.4, 0.5) is 0 Å². The summed E-state index contributed by atoms with van der Waals surface area (Å²) in [6.07, 6.45) is 1.58. The van der Waals surface area contributed by atoms with Gasteiger partial charge in [-0.15, -0.1) is 0 Å². The Morgan fingerprint density at radius 2 is 1.88 bits per heavy atom. The van der Waals surface area contributed by atoms with Gasteiger partial charge < -0.3 is 4.74 Å². The van der Waals surface area contributed by atoms with Crippen LogP contribution in [0.25, 0.3) is 10.8 Å². The van der Waals surface area contributed by atoms with Crippen molar-refractivity contribution in [3.8, 4) is 5.75 Å². The lowest BCUT2D eigenvalue weighted by atomic mass is 10.1. The Labute approximate surface area is 148 Å². The van der Waals surface area contributed by atoms with Crippen molar-refractivity contribution < 1.29 is 9.53 Å². The third-order valence-electron chi connectivity index (χ3n) is 3.36. The van der Waals surface area contributed by atoms with Gasteiger partial charge in [0.25, 0.3) is 5.91 Å². The standard InChI is InChI=1S/C19H15BrN2O2/c20-16-8-3-5-14(11-16)12-21-22-19(23)13-24-18-10-4-7-15-6-1-2-9-17(15)18/h1-12H,13H2,(H,22,23)/b21-12-. The first-order chi connectivity index (χ1) is 11.7. The van der Waals surface area contributed by atoms with Crippen LogP contribution >= 0.6 is 15.9 Å². The largest absolute Gasteiger partial charge is 0.483 e. The molecule has 0 heterocycles. The fourth-order valence-corrected chi connectivity index (χ4v) is 2.68. The van der Waals surface area contributed by atoms with E-state index >= 15 is 0 Å². The van der Waals surface area contributed by atoms with Crippen LogP contribution in [0.2, 0.25) is 0 Å². The van der Waals surface area contributed by atoms with E-state index in [1.54, 1.807) is 6.21 Å². The Morgan fingerprint density at radius 1 is 1.08 bits per heavy atom. The van der Waals surface area contributed by atoms with Crippen LogP contribution in [0.5, 0.6) is 5.75 Å². The summed E-state index contributed by atoms with van der Waals surface area (Å²) in [5.74, 6) is 0.369. The Kier molecular flexibility index (Phi) is 5.23. The summed E-state index contributed by atoms with van der Waals surface area (Å²) in [6.45, 7) is -0.0934. The van der Waals surface area contributed by atoms with E-state index in [0.717, 1.165) is 20.8 Å². The maximum absolute atomic E-state index is 11.9. The van der Waals surface area contributed by atoms with Gasteiger partial charge >= 0.3 is 0 Å². The van der Waals surface area contributed by atoms with E-state index in [0.29, 0.717) is 5.75 Å². The zero-order valence-electron chi connectivity index (χ0n) is 12.8. The Morgan fingerprint density at radius 3 is 2.75 bits per heavy atom. The topological polar surface area (TPSA) is 50.7 Å². The minimum Gasteiger partial charge on any atom is -0.483 e. The van der Waals surface area contributed by atoms with Crippen LogP contribution < -0.4 is 10.2 Å². The molecule has 3 rings (SSSR count). The highest BCUT2D eigenvalue weighted by Crippen LogP contribution is 2.24.